The van der Waals surface area contributed by atoms with E-state index in [1.54, 1.807) is 18.7 Å². The summed E-state index contributed by atoms with van der Waals surface area (Å²) >= 11 is 3.45. The number of aromatic amines is 1. The van der Waals surface area contributed by atoms with Gasteiger partial charge in [-0.3, -0.25) is 0 Å². The fourth-order valence-corrected chi connectivity index (χ4v) is 2.38. The van der Waals surface area contributed by atoms with E-state index in [0.29, 0.717) is 12.4 Å². The molecule has 3 aromatic rings. The molecule has 0 aliphatic carbocycles. The van der Waals surface area contributed by atoms with Crippen molar-refractivity contribution in [3.63, 3.8) is 0 Å². The molecule has 98 valence electrons. The Morgan fingerprint density at radius 3 is 3.16 bits per heavy atom. The van der Waals surface area contributed by atoms with E-state index < -0.39 is 0 Å². The van der Waals surface area contributed by atoms with E-state index in [9.17, 15) is 0 Å². The first kappa shape index (κ1) is 12.4. The van der Waals surface area contributed by atoms with Gasteiger partial charge in [-0.25, -0.2) is 9.97 Å². The number of oxazole rings is 1. The van der Waals surface area contributed by atoms with Gasteiger partial charge in [-0.15, -0.1) is 0 Å². The maximum absolute atomic E-state index is 5.21. The summed E-state index contributed by atoms with van der Waals surface area (Å²) in [6.45, 7) is 2.70. The van der Waals surface area contributed by atoms with E-state index in [0.717, 1.165) is 15.5 Å². The highest BCUT2D eigenvalue weighted by Crippen LogP contribution is 2.25. The van der Waals surface area contributed by atoms with E-state index in [2.05, 4.69) is 49.2 Å². The molecule has 0 radical (unpaired) electrons. The third-order valence-corrected chi connectivity index (χ3v) is 3.47. The standard InChI is InChI=1S/C13H13BrN4O/c1-8(16-7-12-15-2-3-19-12)11-6-18-13-10(11)4-9(14)5-17-13/h2-6,8,16H,7H2,1H3,(H,17,18). The van der Waals surface area contributed by atoms with Crippen molar-refractivity contribution in [1.82, 2.24) is 20.3 Å². The minimum Gasteiger partial charge on any atom is -0.448 e. The Kier molecular flexibility index (Phi) is 3.35. The minimum atomic E-state index is 0.178. The Morgan fingerprint density at radius 2 is 2.37 bits per heavy atom. The van der Waals surface area contributed by atoms with Gasteiger partial charge in [0.05, 0.1) is 12.7 Å². The molecule has 0 aromatic carbocycles. The number of rotatable bonds is 4. The van der Waals surface area contributed by atoms with Gasteiger partial charge < -0.3 is 14.7 Å². The van der Waals surface area contributed by atoms with Gasteiger partial charge in [0.25, 0.3) is 0 Å². The van der Waals surface area contributed by atoms with E-state index in [1.165, 1.54) is 5.56 Å². The molecule has 3 aromatic heterocycles. The summed E-state index contributed by atoms with van der Waals surface area (Å²) in [7, 11) is 0. The summed E-state index contributed by atoms with van der Waals surface area (Å²) in [5.74, 6) is 0.686. The second kappa shape index (κ2) is 5.14. The second-order valence-electron chi connectivity index (χ2n) is 4.32. The fourth-order valence-electron chi connectivity index (χ4n) is 2.05. The summed E-state index contributed by atoms with van der Waals surface area (Å²) < 4.78 is 6.18. The lowest BCUT2D eigenvalue weighted by molar-refractivity contribution is 0.448. The maximum Gasteiger partial charge on any atom is 0.207 e. The quantitative estimate of drug-likeness (QED) is 0.774. The molecule has 1 atom stereocenters. The first-order valence-corrected chi connectivity index (χ1v) is 6.77. The topological polar surface area (TPSA) is 66.7 Å². The zero-order valence-corrected chi connectivity index (χ0v) is 11.9. The van der Waals surface area contributed by atoms with Crippen LogP contribution < -0.4 is 5.32 Å². The number of nitrogens with one attached hydrogen (secondary N) is 2. The van der Waals surface area contributed by atoms with Gasteiger partial charge in [-0.1, -0.05) is 0 Å². The third-order valence-electron chi connectivity index (χ3n) is 3.04. The van der Waals surface area contributed by atoms with Gasteiger partial charge in [-0.2, -0.15) is 0 Å². The molecule has 0 aliphatic heterocycles. The molecule has 0 saturated heterocycles. The molecule has 0 bridgehead atoms. The van der Waals surface area contributed by atoms with Crippen LogP contribution in [0, 0.1) is 0 Å². The van der Waals surface area contributed by atoms with Gasteiger partial charge in [0.15, 0.2) is 0 Å². The Morgan fingerprint density at radius 1 is 1.47 bits per heavy atom. The number of halogens is 1. The third kappa shape index (κ3) is 2.54. The van der Waals surface area contributed by atoms with Crippen LogP contribution in [0.1, 0.15) is 24.4 Å². The zero-order chi connectivity index (χ0) is 13.2. The van der Waals surface area contributed by atoms with Crippen LogP contribution >= 0.6 is 15.9 Å². The molecule has 0 fully saturated rings. The van der Waals surface area contributed by atoms with Crippen LogP contribution in [0.25, 0.3) is 11.0 Å². The van der Waals surface area contributed by atoms with Crippen molar-refractivity contribution in [3.8, 4) is 0 Å². The highest BCUT2D eigenvalue weighted by molar-refractivity contribution is 9.10. The van der Waals surface area contributed by atoms with Crippen molar-refractivity contribution in [1.29, 1.82) is 0 Å². The van der Waals surface area contributed by atoms with Gasteiger partial charge in [-0.05, 0) is 34.5 Å². The summed E-state index contributed by atoms with van der Waals surface area (Å²) in [5, 5.41) is 4.49. The van der Waals surface area contributed by atoms with Crippen molar-refractivity contribution < 1.29 is 4.42 Å². The highest BCUT2D eigenvalue weighted by Gasteiger charge is 2.12. The van der Waals surface area contributed by atoms with Crippen molar-refractivity contribution >= 4 is 27.0 Å². The summed E-state index contributed by atoms with van der Waals surface area (Å²) in [4.78, 5) is 11.6. The van der Waals surface area contributed by atoms with Crippen LogP contribution in [0.3, 0.4) is 0 Å². The number of pyridine rings is 1. The fraction of sp³-hybridized carbons (Fsp3) is 0.231. The summed E-state index contributed by atoms with van der Waals surface area (Å²) in [5.41, 5.74) is 2.07. The Bertz CT molecular complexity index is 677. The SMILES string of the molecule is CC(NCc1ncco1)c1c[nH]c2ncc(Br)cc12. The molecule has 3 rings (SSSR count). The van der Waals surface area contributed by atoms with Gasteiger partial charge in [0.2, 0.25) is 5.89 Å². The monoisotopic (exact) mass is 320 g/mol. The molecule has 5 nitrogen and oxygen atoms in total. The van der Waals surface area contributed by atoms with Crippen LogP contribution in [0.2, 0.25) is 0 Å². The molecule has 19 heavy (non-hydrogen) atoms. The summed E-state index contributed by atoms with van der Waals surface area (Å²) in [6.07, 6.45) is 6.99. The number of hydrogen-bond donors (Lipinski definition) is 2. The average molecular weight is 321 g/mol. The van der Waals surface area contributed by atoms with Crippen LogP contribution in [0.15, 0.2) is 39.8 Å². The van der Waals surface area contributed by atoms with Gasteiger partial charge in [0.1, 0.15) is 11.9 Å². The lowest BCUT2D eigenvalue weighted by Crippen LogP contribution is -2.18. The van der Waals surface area contributed by atoms with E-state index >= 15 is 0 Å². The van der Waals surface area contributed by atoms with E-state index in [1.807, 2.05) is 6.20 Å². The molecule has 6 heteroatoms. The number of nitrogens with zero attached hydrogens (tertiary/aromatic N) is 2. The van der Waals surface area contributed by atoms with Crippen molar-refractivity contribution in [2.75, 3.05) is 0 Å². The molecular formula is C13H13BrN4O. The van der Waals surface area contributed by atoms with Crippen LogP contribution in [-0.4, -0.2) is 15.0 Å². The Hall–Kier alpha value is -1.66. The average Bonchev–Trinajstić information content (AvgIpc) is 3.04. The summed E-state index contributed by atoms with van der Waals surface area (Å²) in [6, 6.07) is 2.24. The van der Waals surface area contributed by atoms with Gasteiger partial charge in [0, 0.05) is 28.3 Å². The molecule has 3 heterocycles. The molecule has 0 aliphatic rings. The number of fused-ring (bicyclic) bond motifs is 1. The molecule has 0 amide bonds. The predicted molar refractivity (Wildman–Crippen MR) is 75.6 cm³/mol. The lowest BCUT2D eigenvalue weighted by Gasteiger charge is -2.11. The van der Waals surface area contributed by atoms with Crippen molar-refractivity contribution in [3.05, 3.63) is 46.8 Å². The lowest BCUT2D eigenvalue weighted by atomic mass is 10.1. The zero-order valence-electron chi connectivity index (χ0n) is 10.4. The van der Waals surface area contributed by atoms with Gasteiger partial charge >= 0.3 is 0 Å². The highest BCUT2D eigenvalue weighted by atomic mass is 79.9. The van der Waals surface area contributed by atoms with Crippen LogP contribution in [0.4, 0.5) is 0 Å². The molecule has 1 unspecified atom stereocenters. The maximum atomic E-state index is 5.21. The van der Waals surface area contributed by atoms with Crippen molar-refractivity contribution in [2.24, 2.45) is 0 Å². The largest absolute Gasteiger partial charge is 0.448 e. The molecule has 0 saturated carbocycles. The normalized spacial score (nSPS) is 12.9. The predicted octanol–water partition coefficient (Wildman–Crippen LogP) is 3.16. The molecular weight excluding hydrogens is 308 g/mol. The molecule has 2 N–H and O–H groups in total. The van der Waals surface area contributed by atoms with E-state index in [-0.39, 0.29) is 6.04 Å². The van der Waals surface area contributed by atoms with Crippen LogP contribution in [-0.2, 0) is 6.54 Å². The second-order valence-corrected chi connectivity index (χ2v) is 5.24. The smallest absolute Gasteiger partial charge is 0.207 e. The Labute approximate surface area is 118 Å². The first-order valence-electron chi connectivity index (χ1n) is 5.98. The number of H-pyrrole nitrogens is 1. The Balaban J connectivity index is 1.81. The molecule has 0 spiro atoms. The van der Waals surface area contributed by atoms with Crippen LogP contribution in [0.5, 0.6) is 0 Å². The first-order chi connectivity index (χ1) is 9.24. The minimum absolute atomic E-state index is 0.178. The number of hydrogen-bond acceptors (Lipinski definition) is 4. The van der Waals surface area contributed by atoms with Crippen molar-refractivity contribution in [2.45, 2.75) is 19.5 Å². The number of aromatic nitrogens is 3. The van der Waals surface area contributed by atoms with E-state index in [4.69, 9.17) is 4.42 Å².